The van der Waals surface area contributed by atoms with Crippen molar-refractivity contribution in [3.8, 4) is 11.1 Å². The molecule has 0 unspecified atom stereocenters. The molecule has 3 aromatic rings. The third-order valence-electron chi connectivity index (χ3n) is 6.05. The summed E-state index contributed by atoms with van der Waals surface area (Å²) in [5.41, 5.74) is 4.37. The largest absolute Gasteiger partial charge is 0.308 e. The monoisotopic (exact) mass is 556 g/mol. The normalized spacial score (nSPS) is 15.0. The van der Waals surface area contributed by atoms with Crippen molar-refractivity contribution >= 4 is 75.4 Å². The Morgan fingerprint density at radius 3 is 2.53 bits per heavy atom. The Balaban J connectivity index is 1.79. The lowest BCUT2D eigenvalue weighted by Crippen LogP contribution is -2.54. The van der Waals surface area contributed by atoms with Gasteiger partial charge in [0, 0.05) is 16.3 Å². The molecule has 6 nitrogen and oxygen atoms in total. The molecule has 0 saturated carbocycles. The van der Waals surface area contributed by atoms with E-state index in [9.17, 15) is 14.9 Å². The highest BCUT2D eigenvalue weighted by molar-refractivity contribution is 7.80. The van der Waals surface area contributed by atoms with E-state index in [-0.39, 0.29) is 15.7 Å². The summed E-state index contributed by atoms with van der Waals surface area (Å²) in [6, 6.07) is 8.94. The first-order chi connectivity index (χ1) is 17.1. The number of hydrogen-bond donors (Lipinski definition) is 1. The number of nitriles is 1. The number of carbonyl (C=O) groups is 2. The minimum Gasteiger partial charge on any atom is -0.308 e. The number of nitrogens with zero attached hydrogens (tertiary/aromatic N) is 3. The van der Waals surface area contributed by atoms with Crippen molar-refractivity contribution in [1.82, 2.24) is 9.88 Å². The van der Waals surface area contributed by atoms with Gasteiger partial charge in [0.1, 0.15) is 16.6 Å². The van der Waals surface area contributed by atoms with Gasteiger partial charge >= 0.3 is 0 Å². The van der Waals surface area contributed by atoms with Gasteiger partial charge < -0.3 is 4.57 Å². The van der Waals surface area contributed by atoms with Gasteiger partial charge in [-0.2, -0.15) is 5.26 Å². The number of anilines is 1. The van der Waals surface area contributed by atoms with Gasteiger partial charge in [0.25, 0.3) is 11.8 Å². The third-order valence-corrected chi connectivity index (χ3v) is 8.41. The summed E-state index contributed by atoms with van der Waals surface area (Å²) in [6.45, 7) is 7.93. The van der Waals surface area contributed by atoms with Crippen LogP contribution in [0.1, 0.15) is 46.3 Å². The fourth-order valence-corrected chi connectivity index (χ4v) is 6.26. The highest BCUT2D eigenvalue weighted by Crippen LogP contribution is 2.36. The van der Waals surface area contributed by atoms with E-state index in [1.165, 1.54) is 15.8 Å². The number of nitrogens with one attached hydrogen (secondary N) is 1. The molecule has 1 saturated heterocycles. The van der Waals surface area contributed by atoms with E-state index in [1.807, 2.05) is 31.4 Å². The molecule has 0 radical (unpaired) electrons. The predicted molar refractivity (Wildman–Crippen MR) is 149 cm³/mol. The highest BCUT2D eigenvalue weighted by Gasteiger charge is 2.35. The lowest BCUT2D eigenvalue weighted by molar-refractivity contribution is -0.122. The van der Waals surface area contributed by atoms with Gasteiger partial charge in [-0.3, -0.25) is 19.8 Å². The van der Waals surface area contributed by atoms with E-state index < -0.39 is 11.8 Å². The molecule has 1 aliphatic rings. The lowest BCUT2D eigenvalue weighted by Gasteiger charge is -2.29. The first kappa shape index (κ1) is 26.1. The Morgan fingerprint density at radius 1 is 1.17 bits per heavy atom. The van der Waals surface area contributed by atoms with Crippen LogP contribution in [0.2, 0.25) is 10.0 Å². The van der Waals surface area contributed by atoms with Gasteiger partial charge in [-0.05, 0) is 80.9 Å². The second-order valence-corrected chi connectivity index (χ2v) is 10.7. The van der Waals surface area contributed by atoms with Crippen molar-refractivity contribution in [2.75, 3.05) is 4.90 Å². The number of benzene rings is 1. The zero-order valence-corrected chi connectivity index (χ0v) is 23.2. The van der Waals surface area contributed by atoms with Crippen LogP contribution in [0, 0.1) is 32.1 Å². The maximum absolute atomic E-state index is 13.4. The molecule has 10 heteroatoms. The van der Waals surface area contributed by atoms with Gasteiger partial charge in [0.15, 0.2) is 5.11 Å². The second kappa shape index (κ2) is 10.2. The fourth-order valence-electron chi connectivity index (χ4n) is 4.22. The first-order valence-corrected chi connectivity index (χ1v) is 13.1. The van der Waals surface area contributed by atoms with Crippen molar-refractivity contribution < 1.29 is 9.59 Å². The summed E-state index contributed by atoms with van der Waals surface area (Å²) in [6.07, 6.45) is 3.45. The molecular formula is C26H22Cl2N4O2S2. The molecule has 1 aromatic carbocycles. The average Bonchev–Trinajstić information content (AvgIpc) is 3.27. The van der Waals surface area contributed by atoms with E-state index in [1.54, 1.807) is 29.5 Å². The van der Waals surface area contributed by atoms with Crippen LogP contribution in [0.25, 0.3) is 11.1 Å². The smallest absolute Gasteiger partial charge is 0.270 e. The average molecular weight is 558 g/mol. The topological polar surface area (TPSA) is 78.1 Å². The molecule has 0 aliphatic carbocycles. The molecule has 2 amide bonds. The van der Waals surface area contributed by atoms with E-state index in [0.717, 1.165) is 34.8 Å². The molecule has 1 N–H and O–H groups in total. The number of aryl methyl sites for hydroxylation is 2. The van der Waals surface area contributed by atoms with Crippen LogP contribution >= 0.6 is 46.8 Å². The van der Waals surface area contributed by atoms with Crippen LogP contribution in [-0.4, -0.2) is 21.5 Å². The maximum Gasteiger partial charge on any atom is 0.270 e. The lowest BCUT2D eigenvalue weighted by atomic mass is 10.1. The van der Waals surface area contributed by atoms with Crippen LogP contribution in [-0.2, 0) is 16.0 Å². The molecule has 1 fully saturated rings. The van der Waals surface area contributed by atoms with E-state index >= 15 is 0 Å². The van der Waals surface area contributed by atoms with Gasteiger partial charge in [-0.1, -0.05) is 36.5 Å². The maximum atomic E-state index is 13.4. The summed E-state index contributed by atoms with van der Waals surface area (Å²) in [7, 11) is 0. The number of thiocarbonyl (C=S) groups is 1. The Labute approximate surface area is 228 Å². The Kier molecular flexibility index (Phi) is 7.39. The number of thiophene rings is 1. The Bertz CT molecular complexity index is 1510. The van der Waals surface area contributed by atoms with Crippen LogP contribution < -0.4 is 10.2 Å². The van der Waals surface area contributed by atoms with Crippen molar-refractivity contribution in [2.24, 2.45) is 0 Å². The summed E-state index contributed by atoms with van der Waals surface area (Å²) in [5, 5.41) is 13.8. The molecule has 3 heterocycles. The SMILES string of the molecule is CCCc1sc(-n2c(C)cc(/C=C3/C(=O)NC(=S)N(c4ccc(Cl)c(Cl)c4)C3=O)c2C)c(C#N)c1C. The second-order valence-electron chi connectivity index (χ2n) is 8.41. The zero-order valence-electron chi connectivity index (χ0n) is 20.0. The van der Waals surface area contributed by atoms with Crippen LogP contribution in [0.4, 0.5) is 5.69 Å². The minimum atomic E-state index is -0.582. The van der Waals surface area contributed by atoms with Gasteiger partial charge in [0.05, 0.1) is 21.3 Å². The molecule has 36 heavy (non-hydrogen) atoms. The standard InChI is InChI=1S/C26H22Cl2N4O2S2/c1-5-6-22-14(3)19(12-29)25(36-22)31-13(2)9-16(15(31)4)10-18-23(33)30-26(35)32(24(18)34)17-7-8-20(27)21(28)11-17/h7-11H,5-6H2,1-4H3,(H,30,33,35)/b18-10-. The molecular weight excluding hydrogens is 535 g/mol. The van der Waals surface area contributed by atoms with E-state index in [2.05, 4.69) is 18.3 Å². The van der Waals surface area contributed by atoms with Crippen LogP contribution in [0.15, 0.2) is 29.8 Å². The zero-order chi connectivity index (χ0) is 26.3. The minimum absolute atomic E-state index is 0.0396. The molecule has 4 rings (SSSR count). The summed E-state index contributed by atoms with van der Waals surface area (Å²) < 4.78 is 2.01. The summed E-state index contributed by atoms with van der Waals surface area (Å²) in [4.78, 5) is 28.6. The molecule has 2 aromatic heterocycles. The molecule has 184 valence electrons. The number of halogens is 2. The predicted octanol–water partition coefficient (Wildman–Crippen LogP) is 6.43. The Morgan fingerprint density at radius 2 is 1.89 bits per heavy atom. The number of carbonyl (C=O) groups excluding carboxylic acids is 2. The number of hydrogen-bond acceptors (Lipinski definition) is 5. The third kappa shape index (κ3) is 4.48. The number of rotatable bonds is 5. The van der Waals surface area contributed by atoms with Crippen molar-refractivity contribution in [3.05, 3.63) is 72.8 Å². The molecule has 0 spiro atoms. The number of aromatic nitrogens is 1. The quantitative estimate of drug-likeness (QED) is 0.223. The number of amides is 2. The fraction of sp³-hybridized carbons (Fsp3) is 0.231. The summed E-state index contributed by atoms with van der Waals surface area (Å²) >= 11 is 19.0. The highest BCUT2D eigenvalue weighted by atomic mass is 35.5. The first-order valence-electron chi connectivity index (χ1n) is 11.2. The van der Waals surface area contributed by atoms with Crippen molar-refractivity contribution in [1.29, 1.82) is 5.26 Å². The van der Waals surface area contributed by atoms with E-state index in [0.29, 0.717) is 21.8 Å². The van der Waals surface area contributed by atoms with Crippen molar-refractivity contribution in [2.45, 2.75) is 40.5 Å². The Hall–Kier alpha value is -2.96. The molecule has 0 bridgehead atoms. The van der Waals surface area contributed by atoms with Gasteiger partial charge in [-0.25, -0.2) is 0 Å². The van der Waals surface area contributed by atoms with Crippen LogP contribution in [0.3, 0.4) is 0 Å². The van der Waals surface area contributed by atoms with Crippen molar-refractivity contribution in [3.63, 3.8) is 0 Å². The molecule has 0 atom stereocenters. The summed E-state index contributed by atoms with van der Waals surface area (Å²) in [5.74, 6) is -1.15. The molecule has 1 aliphatic heterocycles. The van der Waals surface area contributed by atoms with E-state index in [4.69, 9.17) is 35.4 Å². The van der Waals surface area contributed by atoms with Gasteiger partial charge in [0.2, 0.25) is 0 Å². The van der Waals surface area contributed by atoms with Gasteiger partial charge in [-0.15, -0.1) is 11.3 Å². The van der Waals surface area contributed by atoms with Crippen LogP contribution in [0.5, 0.6) is 0 Å².